The quantitative estimate of drug-likeness (QED) is 0.336. The van der Waals surface area contributed by atoms with Crippen LogP contribution in [0.2, 0.25) is 0 Å². The van der Waals surface area contributed by atoms with Crippen molar-refractivity contribution in [1.29, 1.82) is 0 Å². The molecule has 1 fully saturated rings. The summed E-state index contributed by atoms with van der Waals surface area (Å²) in [6.07, 6.45) is 1.45. The largest absolute Gasteiger partial charge is 0.508 e. The molecule has 0 radical (unpaired) electrons. The van der Waals surface area contributed by atoms with E-state index < -0.39 is 12.0 Å². The first-order chi connectivity index (χ1) is 16.4. The van der Waals surface area contributed by atoms with Crippen LogP contribution < -0.4 is 16.0 Å². The lowest BCUT2D eigenvalue weighted by Gasteiger charge is -2.19. The number of phenols is 1. The fourth-order valence-electron chi connectivity index (χ4n) is 4.59. The van der Waals surface area contributed by atoms with E-state index in [2.05, 4.69) is 25.8 Å². The number of phenolic OH excluding ortho intramolecular Hbond substituents is 1. The van der Waals surface area contributed by atoms with Crippen molar-refractivity contribution in [3.63, 3.8) is 0 Å². The number of nitrogens with one attached hydrogen (secondary N) is 3. The Balaban J connectivity index is 1.40. The zero-order chi connectivity index (χ0) is 23.8. The third-order valence-electron chi connectivity index (χ3n) is 6.48. The zero-order valence-electron chi connectivity index (χ0n) is 18.8. The van der Waals surface area contributed by atoms with Crippen molar-refractivity contribution in [2.45, 2.75) is 26.1 Å². The van der Waals surface area contributed by atoms with Crippen LogP contribution in [0.15, 0.2) is 42.6 Å². The third-order valence-corrected chi connectivity index (χ3v) is 6.48. The Hall–Kier alpha value is -3.40. The molecule has 0 spiro atoms. The molecule has 1 saturated heterocycles. The number of aliphatic hydroxyl groups is 2. The third kappa shape index (κ3) is 4.37. The first-order valence-electron chi connectivity index (χ1n) is 11.3. The monoisotopic (exact) mass is 465 g/mol. The number of likely N-dealkylation sites (tertiary alicyclic amines) is 1. The van der Waals surface area contributed by atoms with E-state index in [4.69, 9.17) is 0 Å². The number of hydrogen-bond donors (Lipinski definition) is 6. The van der Waals surface area contributed by atoms with Crippen molar-refractivity contribution in [2.24, 2.45) is 5.92 Å². The number of aromatic nitrogens is 1. The van der Waals surface area contributed by atoms with Gasteiger partial charge in [-0.05, 0) is 61.2 Å². The summed E-state index contributed by atoms with van der Waals surface area (Å²) in [5.74, 6) is 0.236. The Morgan fingerprint density at radius 1 is 1.18 bits per heavy atom. The Bertz CT molecular complexity index is 1220. The molecule has 34 heavy (non-hydrogen) atoms. The first kappa shape index (κ1) is 22.4. The van der Waals surface area contributed by atoms with Crippen molar-refractivity contribution in [1.82, 2.24) is 9.88 Å². The number of anilines is 5. The molecule has 2 aliphatic heterocycles. The number of aliphatic hydroxyl groups excluding tert-OH is 2. The predicted molar refractivity (Wildman–Crippen MR) is 129 cm³/mol. The van der Waals surface area contributed by atoms with E-state index >= 15 is 0 Å². The van der Waals surface area contributed by atoms with Crippen LogP contribution >= 0.6 is 0 Å². The van der Waals surface area contributed by atoms with E-state index in [-0.39, 0.29) is 18.0 Å². The number of rotatable bonds is 5. The summed E-state index contributed by atoms with van der Waals surface area (Å²) in [6.45, 7) is 4.42. The van der Waals surface area contributed by atoms with Crippen LogP contribution in [0.5, 0.6) is 5.75 Å². The normalized spacial score (nSPS) is 19.5. The van der Waals surface area contributed by atoms with Gasteiger partial charge in [0.1, 0.15) is 17.4 Å². The Labute approximate surface area is 197 Å². The average Bonchev–Trinajstić information content (AvgIpc) is 3.20. The molecule has 0 amide bonds. The second kappa shape index (κ2) is 9.09. The molecule has 8 nitrogen and oxygen atoms in total. The SMILES string of the molecule is Cc1cc(F)c(Nc2ccnc3c2C(O)Nc2cc(CN4CCC(CO)C4)ccc2N3)cc1O. The van der Waals surface area contributed by atoms with E-state index in [9.17, 15) is 19.7 Å². The van der Waals surface area contributed by atoms with Crippen LogP contribution in [0.3, 0.4) is 0 Å². The van der Waals surface area contributed by atoms with Crippen LogP contribution in [-0.2, 0) is 6.54 Å². The second-order valence-electron chi connectivity index (χ2n) is 8.99. The predicted octanol–water partition coefficient (Wildman–Crippen LogP) is 3.95. The van der Waals surface area contributed by atoms with Gasteiger partial charge in [-0.15, -0.1) is 0 Å². The van der Waals surface area contributed by atoms with Crippen LogP contribution in [0, 0.1) is 18.7 Å². The van der Waals surface area contributed by atoms with Crippen molar-refractivity contribution < 1.29 is 19.7 Å². The lowest BCUT2D eigenvalue weighted by Crippen LogP contribution is -2.21. The summed E-state index contributed by atoms with van der Waals surface area (Å²) in [5.41, 5.74) is 4.01. The number of fused-ring (bicyclic) bond motifs is 2. The van der Waals surface area contributed by atoms with Gasteiger partial charge in [-0.25, -0.2) is 9.37 Å². The molecule has 0 saturated carbocycles. The van der Waals surface area contributed by atoms with Crippen LogP contribution in [-0.4, -0.2) is 44.9 Å². The maximum atomic E-state index is 14.5. The number of nitrogens with zero attached hydrogens (tertiary/aromatic N) is 2. The number of aryl methyl sites for hydroxylation is 1. The average molecular weight is 466 g/mol. The van der Waals surface area contributed by atoms with E-state index in [0.717, 1.165) is 43.0 Å². The summed E-state index contributed by atoms with van der Waals surface area (Å²) in [5, 5.41) is 39.8. The number of aromatic hydroxyl groups is 1. The molecule has 2 aliphatic rings. The molecule has 2 unspecified atom stereocenters. The second-order valence-corrected chi connectivity index (χ2v) is 8.99. The number of pyridine rings is 1. The fraction of sp³-hybridized carbons (Fsp3) is 0.320. The lowest BCUT2D eigenvalue weighted by molar-refractivity contribution is 0.210. The summed E-state index contributed by atoms with van der Waals surface area (Å²) >= 11 is 0. The Kier molecular flexibility index (Phi) is 5.99. The molecule has 3 aromatic rings. The molecule has 5 rings (SSSR count). The van der Waals surface area contributed by atoms with Gasteiger partial charge >= 0.3 is 0 Å². The maximum Gasteiger partial charge on any atom is 0.156 e. The van der Waals surface area contributed by atoms with E-state index in [1.807, 2.05) is 18.2 Å². The van der Waals surface area contributed by atoms with Gasteiger partial charge in [0.05, 0.1) is 28.3 Å². The molecule has 2 aromatic carbocycles. The highest BCUT2D eigenvalue weighted by Crippen LogP contribution is 2.40. The maximum absolute atomic E-state index is 14.5. The minimum atomic E-state index is -1.11. The molecular weight excluding hydrogens is 437 g/mol. The van der Waals surface area contributed by atoms with Gasteiger partial charge in [0, 0.05) is 32.0 Å². The summed E-state index contributed by atoms with van der Waals surface area (Å²) < 4.78 is 14.5. The van der Waals surface area contributed by atoms with Gasteiger partial charge < -0.3 is 31.3 Å². The van der Waals surface area contributed by atoms with E-state index in [1.165, 1.54) is 12.1 Å². The van der Waals surface area contributed by atoms with Crippen molar-refractivity contribution in [3.8, 4) is 5.75 Å². The highest BCUT2D eigenvalue weighted by Gasteiger charge is 2.26. The molecule has 1 aromatic heterocycles. The minimum absolute atomic E-state index is 0.0240. The molecule has 178 valence electrons. The highest BCUT2D eigenvalue weighted by atomic mass is 19.1. The van der Waals surface area contributed by atoms with Crippen molar-refractivity contribution in [2.75, 3.05) is 35.6 Å². The summed E-state index contributed by atoms with van der Waals surface area (Å²) in [6, 6.07) is 10.2. The van der Waals surface area contributed by atoms with Gasteiger partial charge in [-0.1, -0.05) is 6.07 Å². The van der Waals surface area contributed by atoms with Gasteiger partial charge in [0.2, 0.25) is 0 Å². The van der Waals surface area contributed by atoms with Gasteiger partial charge in [-0.2, -0.15) is 0 Å². The lowest BCUT2D eigenvalue weighted by atomic mass is 10.1. The number of hydrogen-bond acceptors (Lipinski definition) is 8. The summed E-state index contributed by atoms with van der Waals surface area (Å²) in [7, 11) is 0. The molecule has 6 N–H and O–H groups in total. The highest BCUT2D eigenvalue weighted by molar-refractivity contribution is 5.81. The molecular formula is C25H28FN5O3. The number of halogens is 1. The first-order valence-corrected chi connectivity index (χ1v) is 11.3. The Morgan fingerprint density at radius 2 is 2.03 bits per heavy atom. The molecule has 0 aliphatic carbocycles. The van der Waals surface area contributed by atoms with Gasteiger partial charge in [0.25, 0.3) is 0 Å². The summed E-state index contributed by atoms with van der Waals surface area (Å²) in [4.78, 5) is 6.69. The molecule has 3 heterocycles. The Morgan fingerprint density at radius 3 is 2.82 bits per heavy atom. The van der Waals surface area contributed by atoms with E-state index in [0.29, 0.717) is 28.6 Å². The van der Waals surface area contributed by atoms with Crippen molar-refractivity contribution >= 4 is 28.6 Å². The number of benzene rings is 2. The van der Waals surface area contributed by atoms with Gasteiger partial charge in [-0.3, -0.25) is 4.90 Å². The minimum Gasteiger partial charge on any atom is -0.508 e. The van der Waals surface area contributed by atoms with Crippen LogP contribution in [0.25, 0.3) is 0 Å². The van der Waals surface area contributed by atoms with Gasteiger partial charge in [0.15, 0.2) is 6.23 Å². The topological polar surface area (TPSA) is 113 Å². The van der Waals surface area contributed by atoms with Crippen LogP contribution in [0.4, 0.5) is 33.0 Å². The fourth-order valence-corrected chi connectivity index (χ4v) is 4.59. The van der Waals surface area contributed by atoms with Crippen LogP contribution in [0.1, 0.15) is 29.3 Å². The molecule has 2 atom stereocenters. The standard InChI is InChI=1S/C25H28FN5O3/c1-14-8-17(26)20(10-22(14)33)28-19-4-6-27-24-23(19)25(34)30-21-9-15(2-3-18(21)29-24)11-31-7-5-16(12-31)13-32/h2-4,6,8-10,16,25,30,32-34H,5,7,11-13H2,1H3,(H2,27,28,29). The molecule has 0 bridgehead atoms. The zero-order valence-corrected chi connectivity index (χ0v) is 18.8. The molecule has 9 heteroatoms. The van der Waals surface area contributed by atoms with Crippen molar-refractivity contribution in [3.05, 3.63) is 65.1 Å². The smallest absolute Gasteiger partial charge is 0.156 e. The van der Waals surface area contributed by atoms with E-state index in [1.54, 1.807) is 19.2 Å².